The first-order valence-electron chi connectivity index (χ1n) is 4.89. The molecule has 0 N–H and O–H groups in total. The van der Waals surface area contributed by atoms with Crippen LogP contribution in [0.2, 0.25) is 0 Å². The van der Waals surface area contributed by atoms with Crippen molar-refractivity contribution in [2.75, 3.05) is 14.2 Å². The summed E-state index contributed by atoms with van der Waals surface area (Å²) >= 11 is 0. The number of amides is 1. The van der Waals surface area contributed by atoms with Gasteiger partial charge in [-0.25, -0.2) is 5.32 Å². The molecule has 0 bridgehead atoms. The molecule has 0 saturated carbocycles. The van der Waals surface area contributed by atoms with E-state index in [1.165, 1.54) is 6.20 Å². The molecule has 0 fully saturated rings. The molecule has 0 saturated heterocycles. The van der Waals surface area contributed by atoms with Gasteiger partial charge in [0.25, 0.3) is 0 Å². The summed E-state index contributed by atoms with van der Waals surface area (Å²) < 4.78 is 10.4. The van der Waals surface area contributed by atoms with Crippen LogP contribution in [0.25, 0.3) is 6.08 Å². The molecule has 0 aromatic heterocycles. The Morgan fingerprint density at radius 2 is 1.88 bits per heavy atom. The standard InChI is InChI=1S/C12H12NO3/c1-15-10-5-8-3-4-13-12(14)7-9(8)6-11(10)16-2/h3-6H,7H2,1-2H3. The van der Waals surface area contributed by atoms with Crippen LogP contribution in [-0.2, 0) is 11.2 Å². The van der Waals surface area contributed by atoms with Crippen molar-refractivity contribution < 1.29 is 14.3 Å². The third kappa shape index (κ3) is 1.86. The fourth-order valence-electron chi connectivity index (χ4n) is 1.65. The van der Waals surface area contributed by atoms with Crippen LogP contribution in [0.4, 0.5) is 0 Å². The van der Waals surface area contributed by atoms with Crippen molar-refractivity contribution >= 4 is 12.0 Å². The highest BCUT2D eigenvalue weighted by Crippen LogP contribution is 2.32. The maximum absolute atomic E-state index is 11.3. The van der Waals surface area contributed by atoms with Gasteiger partial charge in [-0.05, 0) is 29.3 Å². The summed E-state index contributed by atoms with van der Waals surface area (Å²) in [6, 6.07) is 3.66. The van der Waals surface area contributed by atoms with Crippen molar-refractivity contribution in [2.24, 2.45) is 0 Å². The molecular weight excluding hydrogens is 206 g/mol. The van der Waals surface area contributed by atoms with Gasteiger partial charge in [0, 0.05) is 6.20 Å². The van der Waals surface area contributed by atoms with Gasteiger partial charge < -0.3 is 9.47 Å². The lowest BCUT2D eigenvalue weighted by Gasteiger charge is -2.11. The zero-order valence-corrected chi connectivity index (χ0v) is 9.19. The summed E-state index contributed by atoms with van der Waals surface area (Å²) in [5, 5.41) is 3.75. The molecule has 0 spiro atoms. The number of hydrogen-bond donors (Lipinski definition) is 0. The van der Waals surface area contributed by atoms with E-state index >= 15 is 0 Å². The van der Waals surface area contributed by atoms with E-state index in [-0.39, 0.29) is 5.91 Å². The molecule has 4 heteroatoms. The third-order valence-corrected chi connectivity index (χ3v) is 2.46. The summed E-state index contributed by atoms with van der Waals surface area (Å²) in [5.74, 6) is 1.13. The number of carbonyl (C=O) groups is 1. The third-order valence-electron chi connectivity index (χ3n) is 2.46. The zero-order valence-electron chi connectivity index (χ0n) is 9.19. The second-order valence-electron chi connectivity index (χ2n) is 3.42. The SMILES string of the molecule is COc1cc2c(cc1OC)CC(=O)[N]C=C2. The van der Waals surface area contributed by atoms with Crippen molar-refractivity contribution in [3.05, 3.63) is 29.5 Å². The molecule has 4 nitrogen and oxygen atoms in total. The first-order chi connectivity index (χ1) is 7.74. The number of rotatable bonds is 2. The Kier molecular flexibility index (Phi) is 2.81. The van der Waals surface area contributed by atoms with E-state index in [0.717, 1.165) is 11.1 Å². The maximum Gasteiger partial charge on any atom is 0.250 e. The molecule has 1 aromatic carbocycles. The minimum absolute atomic E-state index is 0.151. The van der Waals surface area contributed by atoms with Crippen LogP contribution in [0.1, 0.15) is 11.1 Å². The first kappa shape index (κ1) is 10.5. The highest BCUT2D eigenvalue weighted by atomic mass is 16.5. The fourth-order valence-corrected chi connectivity index (χ4v) is 1.65. The summed E-state index contributed by atoms with van der Waals surface area (Å²) in [6.07, 6.45) is 3.60. The number of carbonyl (C=O) groups excluding carboxylic acids is 1. The number of nitrogens with zero attached hydrogens (tertiary/aromatic N) is 1. The van der Waals surface area contributed by atoms with Gasteiger partial charge in [-0.2, -0.15) is 0 Å². The normalized spacial score (nSPS) is 13.8. The van der Waals surface area contributed by atoms with Crippen LogP contribution in [0, 0.1) is 0 Å². The molecule has 1 heterocycles. The number of hydrogen-bond acceptors (Lipinski definition) is 3. The predicted octanol–water partition coefficient (Wildman–Crippen LogP) is 1.36. The van der Waals surface area contributed by atoms with Gasteiger partial charge in [0.05, 0.1) is 20.6 Å². The highest BCUT2D eigenvalue weighted by Gasteiger charge is 2.14. The van der Waals surface area contributed by atoms with Crippen molar-refractivity contribution in [3.8, 4) is 11.5 Å². The van der Waals surface area contributed by atoms with E-state index in [2.05, 4.69) is 5.32 Å². The second-order valence-corrected chi connectivity index (χ2v) is 3.42. The van der Waals surface area contributed by atoms with Gasteiger partial charge in [-0.15, -0.1) is 0 Å². The zero-order chi connectivity index (χ0) is 11.5. The molecule has 0 aliphatic carbocycles. The Labute approximate surface area is 93.9 Å². The Balaban J connectivity index is 2.51. The van der Waals surface area contributed by atoms with Crippen LogP contribution in [-0.4, -0.2) is 20.1 Å². The van der Waals surface area contributed by atoms with E-state index in [1.54, 1.807) is 20.3 Å². The lowest BCUT2D eigenvalue weighted by Crippen LogP contribution is -2.11. The van der Waals surface area contributed by atoms with E-state index in [0.29, 0.717) is 17.9 Å². The summed E-state index contributed by atoms with van der Waals surface area (Å²) in [6.45, 7) is 0. The van der Waals surface area contributed by atoms with E-state index in [9.17, 15) is 4.79 Å². The van der Waals surface area contributed by atoms with Crippen LogP contribution in [0.15, 0.2) is 18.3 Å². The van der Waals surface area contributed by atoms with Gasteiger partial charge >= 0.3 is 0 Å². The Hall–Kier alpha value is -1.97. The van der Waals surface area contributed by atoms with Crippen molar-refractivity contribution in [1.82, 2.24) is 5.32 Å². The molecule has 1 aliphatic rings. The average molecular weight is 218 g/mol. The van der Waals surface area contributed by atoms with E-state index in [4.69, 9.17) is 9.47 Å². The van der Waals surface area contributed by atoms with Gasteiger partial charge in [0.1, 0.15) is 0 Å². The van der Waals surface area contributed by atoms with Gasteiger partial charge in [0.15, 0.2) is 11.5 Å². The van der Waals surface area contributed by atoms with E-state index in [1.807, 2.05) is 12.1 Å². The summed E-state index contributed by atoms with van der Waals surface area (Å²) in [7, 11) is 3.16. The first-order valence-corrected chi connectivity index (χ1v) is 4.89. The quantitative estimate of drug-likeness (QED) is 0.753. The Morgan fingerprint density at radius 1 is 1.19 bits per heavy atom. The minimum atomic E-state index is -0.151. The Morgan fingerprint density at radius 3 is 2.56 bits per heavy atom. The molecule has 1 aliphatic heterocycles. The molecule has 1 amide bonds. The van der Waals surface area contributed by atoms with Gasteiger partial charge in [-0.3, -0.25) is 4.79 Å². The smallest absolute Gasteiger partial charge is 0.250 e. The van der Waals surface area contributed by atoms with Crippen LogP contribution >= 0.6 is 0 Å². The average Bonchev–Trinajstić information content (AvgIpc) is 2.47. The molecule has 16 heavy (non-hydrogen) atoms. The monoisotopic (exact) mass is 218 g/mol. The van der Waals surface area contributed by atoms with Gasteiger partial charge in [-0.1, -0.05) is 0 Å². The fraction of sp³-hybridized carbons (Fsp3) is 0.250. The van der Waals surface area contributed by atoms with E-state index < -0.39 is 0 Å². The predicted molar refractivity (Wildman–Crippen MR) is 59.4 cm³/mol. The van der Waals surface area contributed by atoms with Crippen LogP contribution in [0.3, 0.4) is 0 Å². The molecule has 83 valence electrons. The topological polar surface area (TPSA) is 49.6 Å². The number of ether oxygens (including phenoxy) is 2. The van der Waals surface area contributed by atoms with Crippen LogP contribution in [0.5, 0.6) is 11.5 Å². The minimum Gasteiger partial charge on any atom is -0.493 e. The van der Waals surface area contributed by atoms with Crippen LogP contribution < -0.4 is 14.8 Å². The highest BCUT2D eigenvalue weighted by molar-refractivity contribution is 5.83. The summed E-state index contributed by atoms with van der Waals surface area (Å²) in [5.41, 5.74) is 1.84. The summed E-state index contributed by atoms with van der Waals surface area (Å²) in [4.78, 5) is 11.3. The number of fused-ring (bicyclic) bond motifs is 1. The molecule has 1 aromatic rings. The van der Waals surface area contributed by atoms with Crippen molar-refractivity contribution in [3.63, 3.8) is 0 Å². The molecule has 1 radical (unpaired) electrons. The number of methoxy groups -OCH3 is 2. The molecule has 0 unspecified atom stereocenters. The molecule has 2 rings (SSSR count). The molecule has 0 atom stereocenters. The molecular formula is C12H12NO3. The lowest BCUT2D eigenvalue weighted by molar-refractivity contribution is -0.119. The van der Waals surface area contributed by atoms with Crippen molar-refractivity contribution in [2.45, 2.75) is 6.42 Å². The Bertz CT molecular complexity index is 452. The lowest BCUT2D eigenvalue weighted by atomic mass is 10.0. The van der Waals surface area contributed by atoms with Gasteiger partial charge in [0.2, 0.25) is 5.91 Å². The maximum atomic E-state index is 11.3. The largest absolute Gasteiger partial charge is 0.493 e. The second kappa shape index (κ2) is 4.26. The number of benzene rings is 1. The van der Waals surface area contributed by atoms with Crippen molar-refractivity contribution in [1.29, 1.82) is 0 Å².